The number of rotatable bonds is 5. The van der Waals surface area contributed by atoms with E-state index in [1.54, 1.807) is 0 Å². The Morgan fingerprint density at radius 3 is 2.72 bits per heavy atom. The van der Waals surface area contributed by atoms with Crippen LogP contribution in [0.5, 0.6) is 0 Å². The molecule has 0 aliphatic carbocycles. The van der Waals surface area contributed by atoms with Crippen molar-refractivity contribution in [3.8, 4) is 0 Å². The first-order chi connectivity index (χ1) is 12.1. The molecule has 1 fully saturated rings. The van der Waals surface area contributed by atoms with E-state index >= 15 is 0 Å². The Hall–Kier alpha value is -1.92. The second-order valence-corrected chi connectivity index (χ2v) is 7.18. The zero-order chi connectivity index (χ0) is 17.6. The van der Waals surface area contributed by atoms with Crippen LogP contribution in [0.15, 0.2) is 53.4 Å². The monoisotopic (exact) mass is 362 g/mol. The lowest BCUT2D eigenvalue weighted by molar-refractivity contribution is -0.121. The number of thioether (sulfide) groups is 1. The number of hydrogen-bond acceptors (Lipinski definition) is 3. The summed E-state index contributed by atoms with van der Waals surface area (Å²) in [7, 11) is 0. The highest BCUT2D eigenvalue weighted by molar-refractivity contribution is 8.00. The van der Waals surface area contributed by atoms with E-state index in [1.165, 1.54) is 0 Å². The summed E-state index contributed by atoms with van der Waals surface area (Å²) in [4.78, 5) is 13.0. The van der Waals surface area contributed by atoms with Gasteiger partial charge in [0.15, 0.2) is 0 Å². The Kier molecular flexibility index (Phi) is 6.04. The molecule has 1 amide bonds. The molecule has 0 radical (unpaired) electrons. The third-order valence-electron chi connectivity index (χ3n) is 4.12. The molecule has 2 aromatic rings. The highest BCUT2D eigenvalue weighted by Crippen LogP contribution is 2.37. The van der Waals surface area contributed by atoms with Crippen LogP contribution in [0.2, 0.25) is 0 Å². The molecule has 1 heterocycles. The average Bonchev–Trinajstić information content (AvgIpc) is 2.64. The molecule has 2 unspecified atom stereocenters. The molecule has 6 heteroatoms. The van der Waals surface area contributed by atoms with Crippen molar-refractivity contribution in [3.63, 3.8) is 0 Å². The van der Waals surface area contributed by atoms with Crippen LogP contribution in [0, 0.1) is 11.6 Å². The highest BCUT2D eigenvalue weighted by Gasteiger charge is 2.26. The lowest BCUT2D eigenvalue weighted by Gasteiger charge is -2.26. The predicted molar refractivity (Wildman–Crippen MR) is 95.4 cm³/mol. The Bertz CT molecular complexity index is 721. The fourth-order valence-corrected chi connectivity index (χ4v) is 3.93. The number of hydrogen-bond donors (Lipinski definition) is 2. The highest BCUT2D eigenvalue weighted by atomic mass is 32.2. The molecule has 0 spiro atoms. The van der Waals surface area contributed by atoms with Crippen LogP contribution in [0.1, 0.15) is 23.7 Å². The normalized spacial score (nSPS) is 18.6. The molecule has 3 rings (SSSR count). The molecule has 2 N–H and O–H groups in total. The molecule has 2 atom stereocenters. The summed E-state index contributed by atoms with van der Waals surface area (Å²) in [5.74, 6) is -1.24. The van der Waals surface area contributed by atoms with Gasteiger partial charge in [0.1, 0.15) is 16.9 Å². The lowest BCUT2D eigenvalue weighted by Crippen LogP contribution is -2.46. The van der Waals surface area contributed by atoms with Gasteiger partial charge in [-0.25, -0.2) is 8.78 Å². The smallest absolute Gasteiger partial charge is 0.238 e. The molecule has 0 bridgehead atoms. The van der Waals surface area contributed by atoms with Gasteiger partial charge in [0.2, 0.25) is 5.91 Å². The number of amides is 1. The van der Waals surface area contributed by atoms with Crippen LogP contribution >= 0.6 is 11.8 Å². The largest absolute Gasteiger partial charge is 0.351 e. The molecule has 1 aliphatic rings. The maximum Gasteiger partial charge on any atom is 0.238 e. The van der Waals surface area contributed by atoms with Crippen molar-refractivity contribution in [2.75, 3.05) is 13.1 Å². The fraction of sp³-hybridized carbons (Fsp3) is 0.316. The molecule has 25 heavy (non-hydrogen) atoms. The van der Waals surface area contributed by atoms with E-state index in [-0.39, 0.29) is 16.8 Å². The Labute approximate surface area is 150 Å². The molecule has 1 saturated heterocycles. The second-order valence-electron chi connectivity index (χ2n) is 6.04. The van der Waals surface area contributed by atoms with E-state index < -0.39 is 16.9 Å². The molecule has 0 aromatic heterocycles. The molecule has 1 aliphatic heterocycles. The SMILES string of the molecule is O=C(NC1CCCNC1)C(Sc1cc(F)ccc1F)c1ccccc1. The van der Waals surface area contributed by atoms with Gasteiger partial charge in [-0.15, -0.1) is 11.8 Å². The van der Waals surface area contributed by atoms with Gasteiger partial charge in [-0.1, -0.05) is 30.3 Å². The van der Waals surface area contributed by atoms with E-state index in [9.17, 15) is 13.6 Å². The van der Waals surface area contributed by atoms with Gasteiger partial charge in [-0.2, -0.15) is 0 Å². The molecular weight excluding hydrogens is 342 g/mol. The minimum absolute atomic E-state index is 0.0606. The van der Waals surface area contributed by atoms with Crippen molar-refractivity contribution in [2.24, 2.45) is 0 Å². The zero-order valence-corrected chi connectivity index (χ0v) is 14.5. The third-order valence-corrected chi connectivity index (χ3v) is 5.41. The van der Waals surface area contributed by atoms with Crippen molar-refractivity contribution >= 4 is 17.7 Å². The second kappa shape index (κ2) is 8.45. The van der Waals surface area contributed by atoms with Crippen LogP contribution in [0.3, 0.4) is 0 Å². The summed E-state index contributed by atoms with van der Waals surface area (Å²) in [6.45, 7) is 1.68. The summed E-state index contributed by atoms with van der Waals surface area (Å²) in [5, 5.41) is 5.65. The van der Waals surface area contributed by atoms with Crippen molar-refractivity contribution in [1.82, 2.24) is 10.6 Å². The summed E-state index contributed by atoms with van der Waals surface area (Å²) in [5.41, 5.74) is 0.762. The fourth-order valence-electron chi connectivity index (χ4n) is 2.85. The number of halogens is 2. The van der Waals surface area contributed by atoms with Crippen molar-refractivity contribution in [3.05, 3.63) is 65.7 Å². The molecular formula is C19H20F2N2OS. The quantitative estimate of drug-likeness (QED) is 0.798. The topological polar surface area (TPSA) is 41.1 Å². The van der Waals surface area contributed by atoms with Gasteiger partial charge in [0, 0.05) is 17.5 Å². The number of piperidine rings is 1. The minimum atomic E-state index is -0.639. The van der Waals surface area contributed by atoms with Crippen LogP contribution in [0.4, 0.5) is 8.78 Å². The summed E-state index contributed by atoms with van der Waals surface area (Å²) in [6.07, 6.45) is 1.92. The van der Waals surface area contributed by atoms with Crippen molar-refractivity contribution in [2.45, 2.75) is 29.0 Å². The Balaban J connectivity index is 1.82. The van der Waals surface area contributed by atoms with E-state index in [0.29, 0.717) is 0 Å². The lowest BCUT2D eigenvalue weighted by atomic mass is 10.1. The van der Waals surface area contributed by atoms with Gasteiger partial charge in [0.25, 0.3) is 0 Å². The molecule has 0 saturated carbocycles. The van der Waals surface area contributed by atoms with Crippen LogP contribution < -0.4 is 10.6 Å². The molecule has 2 aromatic carbocycles. The standard InChI is InChI=1S/C19H20F2N2OS/c20-14-8-9-16(21)17(11-14)25-18(13-5-2-1-3-6-13)19(24)23-15-7-4-10-22-12-15/h1-3,5-6,8-9,11,15,18,22H,4,7,10,12H2,(H,23,24). The van der Waals surface area contributed by atoms with Gasteiger partial charge in [-0.05, 0) is 43.1 Å². The van der Waals surface area contributed by atoms with Crippen molar-refractivity contribution < 1.29 is 13.6 Å². The van der Waals surface area contributed by atoms with Crippen LogP contribution in [-0.4, -0.2) is 25.0 Å². The predicted octanol–water partition coefficient (Wildman–Crippen LogP) is 3.67. The maximum atomic E-state index is 14.0. The van der Waals surface area contributed by atoms with Crippen LogP contribution in [0.25, 0.3) is 0 Å². The number of nitrogens with one attached hydrogen (secondary N) is 2. The first kappa shape index (κ1) is 17.9. The Morgan fingerprint density at radius 1 is 1.20 bits per heavy atom. The van der Waals surface area contributed by atoms with Crippen LogP contribution in [-0.2, 0) is 4.79 Å². The maximum absolute atomic E-state index is 14.0. The van der Waals surface area contributed by atoms with E-state index in [1.807, 2.05) is 30.3 Å². The Morgan fingerprint density at radius 2 is 2.00 bits per heavy atom. The van der Waals surface area contributed by atoms with E-state index in [0.717, 1.165) is 61.5 Å². The van der Waals surface area contributed by atoms with Gasteiger partial charge < -0.3 is 10.6 Å². The average molecular weight is 362 g/mol. The number of benzene rings is 2. The zero-order valence-electron chi connectivity index (χ0n) is 13.7. The third kappa shape index (κ3) is 4.80. The molecule has 3 nitrogen and oxygen atoms in total. The van der Waals surface area contributed by atoms with E-state index in [4.69, 9.17) is 0 Å². The van der Waals surface area contributed by atoms with Gasteiger partial charge in [-0.3, -0.25) is 4.79 Å². The van der Waals surface area contributed by atoms with Gasteiger partial charge >= 0.3 is 0 Å². The van der Waals surface area contributed by atoms with Crippen molar-refractivity contribution in [1.29, 1.82) is 0 Å². The summed E-state index contributed by atoms with van der Waals surface area (Å²) in [6, 6.07) is 12.5. The number of carbonyl (C=O) groups excluding carboxylic acids is 1. The number of carbonyl (C=O) groups is 1. The summed E-state index contributed by atoms with van der Waals surface area (Å²) >= 11 is 1.03. The minimum Gasteiger partial charge on any atom is -0.351 e. The first-order valence-electron chi connectivity index (χ1n) is 8.31. The summed E-state index contributed by atoms with van der Waals surface area (Å²) < 4.78 is 27.5. The van der Waals surface area contributed by atoms with Gasteiger partial charge in [0.05, 0.1) is 0 Å². The first-order valence-corrected chi connectivity index (χ1v) is 9.19. The molecule has 132 valence electrons. The van der Waals surface area contributed by atoms with E-state index in [2.05, 4.69) is 10.6 Å².